The zero-order chi connectivity index (χ0) is 36.1. The van der Waals surface area contributed by atoms with Crippen LogP contribution in [0.1, 0.15) is 79.7 Å². The zero-order valence-electron chi connectivity index (χ0n) is 29.7. The van der Waals surface area contributed by atoms with Crippen LogP contribution in [0.3, 0.4) is 0 Å². The van der Waals surface area contributed by atoms with Crippen molar-refractivity contribution in [1.29, 1.82) is 0 Å². The van der Waals surface area contributed by atoms with E-state index >= 15 is 0 Å². The van der Waals surface area contributed by atoms with Gasteiger partial charge in [0.1, 0.15) is 17.1 Å². The molecule has 48 heavy (non-hydrogen) atoms. The molecular weight excluding hydrogens is 636 g/mol. The quantitative estimate of drug-likeness (QED) is 0.372. The fourth-order valence-electron chi connectivity index (χ4n) is 5.68. The number of carboxylic acid groups (broad SMARTS) is 1. The van der Waals surface area contributed by atoms with Crippen LogP contribution < -0.4 is 14.9 Å². The highest BCUT2D eigenvalue weighted by Gasteiger charge is 2.52. The lowest BCUT2D eigenvalue weighted by Crippen LogP contribution is -2.45. The number of amides is 1. The molecule has 4 rings (SSSR count). The number of methoxy groups -OCH3 is 2. The molecule has 11 nitrogen and oxygen atoms in total. The van der Waals surface area contributed by atoms with E-state index in [0.29, 0.717) is 13.1 Å². The first-order chi connectivity index (χ1) is 22.2. The lowest BCUT2D eigenvalue weighted by Gasteiger charge is -2.37. The van der Waals surface area contributed by atoms with Crippen molar-refractivity contribution in [2.75, 3.05) is 46.9 Å². The van der Waals surface area contributed by atoms with Gasteiger partial charge < -0.3 is 43.2 Å². The predicted molar refractivity (Wildman–Crippen MR) is 174 cm³/mol. The Balaban J connectivity index is 0.000000804. The lowest BCUT2D eigenvalue weighted by molar-refractivity contribution is -0.192. The Morgan fingerprint density at radius 3 is 1.73 bits per heavy atom. The van der Waals surface area contributed by atoms with Crippen LogP contribution in [0.15, 0.2) is 12.1 Å². The standard InChI is InChI=1S/C31H51BN2O7.C2HF3O2/c1-29(2,3)39-28(35)34-18-12-24(13-19-34)38-23-10-15-33(16-11-23)17-14-25-26(36-8)20-22(21-27(25)37-9)32-40-30(4,5)31(6,7)41-32;3-2(4,5)1(6)7/h20-21,23-24H,10-19H2,1-9H3;(H,6,7). The normalized spacial score (nSPS) is 20.6. The Bertz CT molecular complexity index is 1200. The van der Waals surface area contributed by atoms with Gasteiger partial charge in [0.25, 0.3) is 0 Å². The number of hydrogen-bond acceptors (Lipinski definition) is 9. The molecule has 1 amide bonds. The molecule has 3 fully saturated rings. The minimum atomic E-state index is -5.08. The second kappa shape index (κ2) is 15.9. The van der Waals surface area contributed by atoms with Crippen molar-refractivity contribution < 1.29 is 56.1 Å². The molecule has 0 aromatic heterocycles. The van der Waals surface area contributed by atoms with Crippen LogP contribution in [0.5, 0.6) is 11.5 Å². The number of rotatable bonds is 8. The highest BCUT2D eigenvalue weighted by atomic mass is 19.4. The van der Waals surface area contributed by atoms with Crippen molar-refractivity contribution in [2.24, 2.45) is 0 Å². The summed E-state index contributed by atoms with van der Waals surface area (Å²) in [6, 6.07) is 4.04. The highest BCUT2D eigenvalue weighted by Crippen LogP contribution is 2.38. The maximum atomic E-state index is 12.3. The molecule has 272 valence electrons. The summed E-state index contributed by atoms with van der Waals surface area (Å²) in [5.41, 5.74) is 0.668. The number of nitrogens with zero attached hydrogens (tertiary/aromatic N) is 2. The van der Waals surface area contributed by atoms with Gasteiger partial charge in [-0.3, -0.25) is 0 Å². The molecule has 1 N–H and O–H groups in total. The molecule has 3 aliphatic rings. The molecule has 1 aromatic carbocycles. The van der Waals surface area contributed by atoms with Crippen molar-refractivity contribution in [2.45, 2.75) is 116 Å². The van der Waals surface area contributed by atoms with Crippen molar-refractivity contribution >= 4 is 24.6 Å². The first kappa shape index (κ1) is 39.7. The highest BCUT2D eigenvalue weighted by molar-refractivity contribution is 6.62. The Hall–Kier alpha value is -2.75. The maximum Gasteiger partial charge on any atom is 0.495 e. The summed E-state index contributed by atoms with van der Waals surface area (Å²) < 4.78 is 67.9. The van der Waals surface area contributed by atoms with Crippen LogP contribution in [0, 0.1) is 0 Å². The van der Waals surface area contributed by atoms with Crippen molar-refractivity contribution in [3.8, 4) is 11.5 Å². The average Bonchev–Trinajstić information content (AvgIpc) is 3.21. The summed E-state index contributed by atoms with van der Waals surface area (Å²) in [5, 5.41) is 7.12. The minimum absolute atomic E-state index is 0.209. The molecule has 0 spiro atoms. The van der Waals surface area contributed by atoms with E-state index in [1.54, 1.807) is 19.1 Å². The van der Waals surface area contributed by atoms with E-state index in [-0.39, 0.29) is 18.3 Å². The topological polar surface area (TPSA) is 116 Å². The first-order valence-corrected chi connectivity index (χ1v) is 16.4. The molecule has 3 aliphatic heterocycles. The van der Waals surface area contributed by atoms with Crippen LogP contribution in [-0.2, 0) is 30.0 Å². The molecule has 3 saturated heterocycles. The van der Waals surface area contributed by atoms with E-state index in [2.05, 4.69) is 32.6 Å². The van der Waals surface area contributed by atoms with E-state index in [9.17, 15) is 18.0 Å². The Morgan fingerprint density at radius 2 is 1.33 bits per heavy atom. The molecule has 0 unspecified atom stereocenters. The third-order valence-corrected chi connectivity index (χ3v) is 9.09. The molecular formula is C33H52BF3N2O9. The summed E-state index contributed by atoms with van der Waals surface area (Å²) in [5.74, 6) is -1.16. The molecule has 1 aromatic rings. The second-order valence-electron chi connectivity index (χ2n) is 14.4. The number of likely N-dealkylation sites (tertiary alicyclic amines) is 2. The molecule has 0 aliphatic carbocycles. The Kier molecular flexibility index (Phi) is 13.1. The van der Waals surface area contributed by atoms with E-state index in [4.69, 9.17) is 38.2 Å². The van der Waals surface area contributed by atoms with Gasteiger partial charge in [-0.05, 0) is 98.2 Å². The van der Waals surface area contributed by atoms with Gasteiger partial charge in [-0.25, -0.2) is 9.59 Å². The summed E-state index contributed by atoms with van der Waals surface area (Å²) >= 11 is 0. The summed E-state index contributed by atoms with van der Waals surface area (Å²) in [6.07, 6.45) is -0.246. The van der Waals surface area contributed by atoms with Gasteiger partial charge in [-0.1, -0.05) is 0 Å². The third-order valence-electron chi connectivity index (χ3n) is 9.09. The van der Waals surface area contributed by atoms with Crippen LogP contribution in [-0.4, -0.2) is 116 Å². The molecule has 0 atom stereocenters. The number of halogens is 3. The number of hydrogen-bond donors (Lipinski definition) is 1. The Labute approximate surface area is 282 Å². The third kappa shape index (κ3) is 10.9. The number of alkyl halides is 3. The average molecular weight is 689 g/mol. The van der Waals surface area contributed by atoms with Crippen LogP contribution in [0.2, 0.25) is 0 Å². The Morgan fingerprint density at radius 1 is 0.896 bits per heavy atom. The van der Waals surface area contributed by atoms with Gasteiger partial charge in [-0.15, -0.1) is 0 Å². The largest absolute Gasteiger partial charge is 0.496 e. The van der Waals surface area contributed by atoms with E-state index in [1.165, 1.54) is 0 Å². The summed E-state index contributed by atoms with van der Waals surface area (Å²) in [6.45, 7) is 18.2. The number of piperidine rings is 2. The SMILES string of the molecule is COc1cc(B2OC(C)(C)C(C)(C)O2)cc(OC)c1CCN1CCC(OC2CCN(C(=O)OC(C)(C)C)CC2)CC1.O=C(O)C(F)(F)F. The smallest absolute Gasteiger partial charge is 0.495 e. The summed E-state index contributed by atoms with van der Waals surface area (Å²) in [4.78, 5) is 25.5. The number of carbonyl (C=O) groups is 2. The number of carbonyl (C=O) groups excluding carboxylic acids is 1. The van der Waals surface area contributed by atoms with Gasteiger partial charge in [0.2, 0.25) is 0 Å². The molecule has 3 heterocycles. The van der Waals surface area contributed by atoms with E-state index < -0.39 is 36.1 Å². The molecule has 0 radical (unpaired) electrons. The van der Waals surface area contributed by atoms with Crippen molar-refractivity contribution in [3.63, 3.8) is 0 Å². The minimum Gasteiger partial charge on any atom is -0.496 e. The zero-order valence-corrected chi connectivity index (χ0v) is 29.7. The summed E-state index contributed by atoms with van der Waals surface area (Å²) in [7, 11) is 2.93. The lowest BCUT2D eigenvalue weighted by atomic mass is 9.78. The molecule has 15 heteroatoms. The predicted octanol–water partition coefficient (Wildman–Crippen LogP) is 5.06. The second-order valence-corrected chi connectivity index (χ2v) is 14.4. The van der Waals surface area contributed by atoms with Crippen molar-refractivity contribution in [1.82, 2.24) is 9.80 Å². The van der Waals surface area contributed by atoms with Crippen molar-refractivity contribution in [3.05, 3.63) is 17.7 Å². The molecule has 0 bridgehead atoms. The van der Waals surface area contributed by atoms with E-state index in [1.807, 2.05) is 32.9 Å². The fraction of sp³-hybridized carbons (Fsp3) is 0.758. The van der Waals surface area contributed by atoms with Gasteiger partial charge in [0.05, 0.1) is 37.6 Å². The maximum absolute atomic E-state index is 12.3. The van der Waals surface area contributed by atoms with Crippen LogP contribution >= 0.6 is 0 Å². The van der Waals surface area contributed by atoms with Gasteiger partial charge in [0.15, 0.2) is 0 Å². The molecule has 0 saturated carbocycles. The number of ether oxygens (including phenoxy) is 4. The van der Waals surface area contributed by atoms with Gasteiger partial charge in [-0.2, -0.15) is 13.2 Å². The number of aliphatic carboxylic acids is 1. The monoisotopic (exact) mass is 688 g/mol. The number of benzene rings is 1. The van der Waals surface area contributed by atoms with Crippen LogP contribution in [0.4, 0.5) is 18.0 Å². The number of carboxylic acids is 1. The van der Waals surface area contributed by atoms with E-state index in [0.717, 1.165) is 74.3 Å². The van der Waals surface area contributed by atoms with Crippen LogP contribution in [0.25, 0.3) is 0 Å². The van der Waals surface area contributed by atoms with Gasteiger partial charge in [0, 0.05) is 38.3 Å². The fourth-order valence-corrected chi connectivity index (χ4v) is 5.68. The first-order valence-electron chi connectivity index (χ1n) is 16.4. The van der Waals surface area contributed by atoms with Gasteiger partial charge >= 0.3 is 25.4 Å².